The lowest BCUT2D eigenvalue weighted by Crippen LogP contribution is -2.28. The fourth-order valence-corrected chi connectivity index (χ4v) is 3.38. The third kappa shape index (κ3) is 7.06. The van der Waals surface area contributed by atoms with Crippen LogP contribution in [0.15, 0.2) is 59.5 Å². The third-order valence-electron chi connectivity index (χ3n) is 4.38. The van der Waals surface area contributed by atoms with E-state index >= 15 is 0 Å². The Labute approximate surface area is 161 Å². The molecular formula is C21H27NO4S. The summed E-state index contributed by atoms with van der Waals surface area (Å²) in [5, 5.41) is 2.99. The molecule has 0 spiro atoms. The van der Waals surface area contributed by atoms with Gasteiger partial charge in [-0.25, -0.2) is 8.42 Å². The molecule has 0 heterocycles. The molecule has 1 unspecified atom stereocenters. The standard InChI is InChI=1S/C21H27NO4S/c1-3-17(18-8-5-4-6-9-18)16-22-21(23)10-7-15-26-19-11-13-20(14-12-19)27(2,24)25/h4-6,8-9,11-14,17H,3,7,10,15-16H2,1-2H3,(H,22,23). The van der Waals surface area contributed by atoms with E-state index in [2.05, 4.69) is 24.4 Å². The zero-order chi connectivity index (χ0) is 19.7. The quantitative estimate of drug-likeness (QED) is 0.631. The van der Waals surface area contributed by atoms with Gasteiger partial charge in [-0.1, -0.05) is 37.3 Å². The number of carbonyl (C=O) groups is 1. The first-order valence-electron chi connectivity index (χ1n) is 9.14. The van der Waals surface area contributed by atoms with E-state index in [4.69, 9.17) is 4.74 Å². The lowest BCUT2D eigenvalue weighted by molar-refractivity contribution is -0.121. The molecule has 1 atom stereocenters. The Morgan fingerprint density at radius 3 is 2.33 bits per heavy atom. The SMILES string of the molecule is CCC(CNC(=O)CCCOc1ccc(S(C)(=O)=O)cc1)c1ccccc1. The molecule has 0 aliphatic rings. The van der Waals surface area contributed by atoms with Crippen molar-refractivity contribution in [3.63, 3.8) is 0 Å². The van der Waals surface area contributed by atoms with Crippen LogP contribution in [0.1, 0.15) is 37.7 Å². The van der Waals surface area contributed by atoms with Crippen LogP contribution in [0.4, 0.5) is 0 Å². The number of hydrogen-bond acceptors (Lipinski definition) is 4. The Kier molecular flexibility index (Phi) is 7.85. The van der Waals surface area contributed by atoms with Crippen LogP contribution in [0.5, 0.6) is 5.75 Å². The molecule has 2 aromatic rings. The van der Waals surface area contributed by atoms with Gasteiger partial charge in [-0.05, 0) is 42.7 Å². The Morgan fingerprint density at radius 1 is 1.07 bits per heavy atom. The predicted molar refractivity (Wildman–Crippen MR) is 107 cm³/mol. The highest BCUT2D eigenvalue weighted by molar-refractivity contribution is 7.90. The van der Waals surface area contributed by atoms with Crippen molar-refractivity contribution in [2.75, 3.05) is 19.4 Å². The van der Waals surface area contributed by atoms with E-state index in [1.54, 1.807) is 12.1 Å². The lowest BCUT2D eigenvalue weighted by atomic mass is 9.96. The average molecular weight is 390 g/mol. The molecule has 0 saturated heterocycles. The first-order chi connectivity index (χ1) is 12.9. The Balaban J connectivity index is 1.68. The first kappa shape index (κ1) is 21.0. The van der Waals surface area contributed by atoms with Gasteiger partial charge in [-0.3, -0.25) is 4.79 Å². The molecular weight excluding hydrogens is 362 g/mol. The van der Waals surface area contributed by atoms with Gasteiger partial charge < -0.3 is 10.1 Å². The van der Waals surface area contributed by atoms with E-state index in [1.807, 2.05) is 18.2 Å². The maximum atomic E-state index is 12.0. The van der Waals surface area contributed by atoms with Crippen LogP contribution in [0.25, 0.3) is 0 Å². The molecule has 1 N–H and O–H groups in total. The summed E-state index contributed by atoms with van der Waals surface area (Å²) in [7, 11) is -3.20. The predicted octanol–water partition coefficient (Wildman–Crippen LogP) is 3.56. The van der Waals surface area contributed by atoms with Gasteiger partial charge in [0.1, 0.15) is 5.75 Å². The average Bonchev–Trinajstić information content (AvgIpc) is 2.66. The molecule has 0 fully saturated rings. The number of benzene rings is 2. The van der Waals surface area contributed by atoms with Crippen molar-refractivity contribution in [3.8, 4) is 5.75 Å². The van der Waals surface area contributed by atoms with Gasteiger partial charge in [0, 0.05) is 25.1 Å². The molecule has 0 bridgehead atoms. The zero-order valence-electron chi connectivity index (χ0n) is 15.9. The van der Waals surface area contributed by atoms with Crippen LogP contribution in [0.3, 0.4) is 0 Å². The van der Waals surface area contributed by atoms with E-state index in [0.717, 1.165) is 6.42 Å². The van der Waals surface area contributed by atoms with Crippen molar-refractivity contribution >= 4 is 15.7 Å². The van der Waals surface area contributed by atoms with Gasteiger partial charge in [0.15, 0.2) is 9.84 Å². The summed E-state index contributed by atoms with van der Waals surface area (Å²) in [5.41, 5.74) is 1.24. The molecule has 5 nitrogen and oxygen atoms in total. The molecule has 0 saturated carbocycles. The molecule has 2 aromatic carbocycles. The van der Waals surface area contributed by atoms with Crippen molar-refractivity contribution in [3.05, 3.63) is 60.2 Å². The smallest absolute Gasteiger partial charge is 0.220 e. The van der Waals surface area contributed by atoms with Crippen LogP contribution >= 0.6 is 0 Å². The van der Waals surface area contributed by atoms with Crippen LogP contribution in [0, 0.1) is 0 Å². The molecule has 0 aromatic heterocycles. The topological polar surface area (TPSA) is 72.5 Å². The number of nitrogens with one attached hydrogen (secondary N) is 1. The fraction of sp³-hybridized carbons (Fsp3) is 0.381. The molecule has 1 amide bonds. The first-order valence-corrected chi connectivity index (χ1v) is 11.0. The minimum atomic E-state index is -3.20. The fourth-order valence-electron chi connectivity index (χ4n) is 2.75. The summed E-state index contributed by atoms with van der Waals surface area (Å²) in [4.78, 5) is 12.3. The molecule has 6 heteroatoms. The number of sulfone groups is 1. The van der Waals surface area contributed by atoms with E-state index in [-0.39, 0.29) is 10.8 Å². The van der Waals surface area contributed by atoms with Crippen molar-refractivity contribution in [2.24, 2.45) is 0 Å². The number of amides is 1. The van der Waals surface area contributed by atoms with Crippen molar-refractivity contribution in [1.82, 2.24) is 5.32 Å². The van der Waals surface area contributed by atoms with Crippen molar-refractivity contribution in [1.29, 1.82) is 0 Å². The van der Waals surface area contributed by atoms with Crippen LogP contribution < -0.4 is 10.1 Å². The van der Waals surface area contributed by atoms with E-state index in [9.17, 15) is 13.2 Å². The molecule has 0 aliphatic carbocycles. The molecule has 0 radical (unpaired) electrons. The van der Waals surface area contributed by atoms with Crippen molar-refractivity contribution in [2.45, 2.75) is 37.0 Å². The van der Waals surface area contributed by atoms with Crippen LogP contribution in [-0.2, 0) is 14.6 Å². The van der Waals surface area contributed by atoms with Crippen LogP contribution in [0.2, 0.25) is 0 Å². The second-order valence-corrected chi connectivity index (χ2v) is 8.53. The Hall–Kier alpha value is -2.34. The van der Waals surface area contributed by atoms with Gasteiger partial charge in [0.25, 0.3) is 0 Å². The summed E-state index contributed by atoms with van der Waals surface area (Å²) in [5.74, 6) is 0.929. The summed E-state index contributed by atoms with van der Waals surface area (Å²) in [6, 6.07) is 16.5. The minimum Gasteiger partial charge on any atom is -0.494 e. The molecule has 146 valence electrons. The zero-order valence-corrected chi connectivity index (χ0v) is 16.7. The molecule has 0 aliphatic heterocycles. The number of ether oxygens (including phenoxy) is 1. The van der Waals surface area contributed by atoms with E-state index in [1.165, 1.54) is 24.0 Å². The second kappa shape index (κ2) is 10.1. The highest BCUT2D eigenvalue weighted by atomic mass is 32.2. The number of hydrogen-bond donors (Lipinski definition) is 1. The third-order valence-corrected chi connectivity index (χ3v) is 5.51. The van der Waals surface area contributed by atoms with Crippen molar-refractivity contribution < 1.29 is 17.9 Å². The largest absolute Gasteiger partial charge is 0.494 e. The minimum absolute atomic E-state index is 0.0143. The second-order valence-electron chi connectivity index (χ2n) is 6.52. The lowest BCUT2D eigenvalue weighted by Gasteiger charge is -2.16. The van der Waals surface area contributed by atoms with E-state index in [0.29, 0.717) is 37.7 Å². The maximum Gasteiger partial charge on any atom is 0.220 e. The maximum absolute atomic E-state index is 12.0. The molecule has 2 rings (SSSR count). The van der Waals surface area contributed by atoms with Crippen LogP contribution in [-0.4, -0.2) is 33.7 Å². The monoisotopic (exact) mass is 389 g/mol. The van der Waals surface area contributed by atoms with Gasteiger partial charge in [0.05, 0.1) is 11.5 Å². The highest BCUT2D eigenvalue weighted by Gasteiger charge is 2.11. The summed E-state index contributed by atoms with van der Waals surface area (Å²) < 4.78 is 28.4. The van der Waals surface area contributed by atoms with Gasteiger partial charge in [-0.15, -0.1) is 0 Å². The Bertz CT molecular complexity index is 817. The summed E-state index contributed by atoms with van der Waals surface area (Å²) in [6.07, 6.45) is 3.13. The summed E-state index contributed by atoms with van der Waals surface area (Å²) >= 11 is 0. The van der Waals surface area contributed by atoms with Gasteiger partial charge >= 0.3 is 0 Å². The number of rotatable bonds is 10. The van der Waals surface area contributed by atoms with Gasteiger partial charge in [0.2, 0.25) is 5.91 Å². The van der Waals surface area contributed by atoms with Gasteiger partial charge in [-0.2, -0.15) is 0 Å². The molecule has 27 heavy (non-hydrogen) atoms. The highest BCUT2D eigenvalue weighted by Crippen LogP contribution is 2.18. The Morgan fingerprint density at radius 2 is 1.74 bits per heavy atom. The number of carbonyl (C=O) groups excluding carboxylic acids is 1. The van der Waals surface area contributed by atoms with E-state index < -0.39 is 9.84 Å². The normalized spacial score (nSPS) is 12.4. The summed E-state index contributed by atoms with van der Waals surface area (Å²) in [6.45, 7) is 3.15.